The first-order valence-electron chi connectivity index (χ1n) is 9.32. The molecule has 0 fully saturated rings. The Kier molecular flexibility index (Phi) is 5.07. The van der Waals surface area contributed by atoms with Crippen LogP contribution < -0.4 is 0 Å². The molecule has 4 rings (SSSR count). The highest BCUT2D eigenvalue weighted by molar-refractivity contribution is 6.31. The molecule has 148 valence electrons. The third-order valence-corrected chi connectivity index (χ3v) is 5.11. The Balaban J connectivity index is 1.73. The third-order valence-electron chi connectivity index (χ3n) is 4.79. The molecule has 0 aliphatic heterocycles. The lowest BCUT2D eigenvalue weighted by Crippen LogP contribution is -2.27. The molecular formula is C21H21ClN6O. The van der Waals surface area contributed by atoms with Crippen LogP contribution >= 0.6 is 11.6 Å². The number of halogens is 1. The zero-order valence-corrected chi connectivity index (χ0v) is 17.3. The molecule has 0 aliphatic rings. The Morgan fingerprint density at radius 3 is 2.72 bits per heavy atom. The van der Waals surface area contributed by atoms with Crippen molar-refractivity contribution in [3.8, 4) is 11.3 Å². The minimum atomic E-state index is -0.115. The fourth-order valence-corrected chi connectivity index (χ4v) is 3.47. The molecule has 4 aromatic rings. The second-order valence-corrected chi connectivity index (χ2v) is 7.32. The van der Waals surface area contributed by atoms with Crippen LogP contribution in [0.25, 0.3) is 22.2 Å². The van der Waals surface area contributed by atoms with E-state index in [0.29, 0.717) is 28.5 Å². The quantitative estimate of drug-likeness (QED) is 0.504. The van der Waals surface area contributed by atoms with E-state index in [9.17, 15) is 4.79 Å². The maximum atomic E-state index is 13.3. The highest BCUT2D eigenvalue weighted by Gasteiger charge is 2.20. The molecule has 1 amide bonds. The van der Waals surface area contributed by atoms with Gasteiger partial charge in [-0.3, -0.25) is 14.2 Å². The standard InChI is InChI=1S/C21H21ClN6O/c1-4-28-12-17(22)20(25-28)13-26(2)21(29)16-9-19(14-10-23-27(3)11-14)24-18-8-6-5-7-15(16)18/h5-12H,4,13H2,1-3H3. The number of hydrogen-bond acceptors (Lipinski definition) is 4. The maximum Gasteiger partial charge on any atom is 0.254 e. The minimum absolute atomic E-state index is 0.115. The predicted molar refractivity (Wildman–Crippen MR) is 113 cm³/mol. The van der Waals surface area contributed by atoms with Crippen LogP contribution in [0.15, 0.2) is 48.9 Å². The van der Waals surface area contributed by atoms with Crippen LogP contribution in [0, 0.1) is 0 Å². The summed E-state index contributed by atoms with van der Waals surface area (Å²) in [6.45, 7) is 3.04. The molecule has 0 atom stereocenters. The SMILES string of the molecule is CCn1cc(Cl)c(CN(C)C(=O)c2cc(-c3cnn(C)c3)nc3ccccc23)n1. The summed E-state index contributed by atoms with van der Waals surface area (Å²) in [6, 6.07) is 9.47. The van der Waals surface area contributed by atoms with Crippen molar-refractivity contribution < 1.29 is 4.79 Å². The van der Waals surface area contributed by atoms with Crippen molar-refractivity contribution in [3.05, 3.63) is 65.2 Å². The van der Waals surface area contributed by atoms with Crippen molar-refractivity contribution in [2.45, 2.75) is 20.0 Å². The van der Waals surface area contributed by atoms with Gasteiger partial charge in [-0.2, -0.15) is 10.2 Å². The minimum Gasteiger partial charge on any atom is -0.336 e. The summed E-state index contributed by atoms with van der Waals surface area (Å²) in [4.78, 5) is 19.7. The highest BCUT2D eigenvalue weighted by Crippen LogP contribution is 2.26. The zero-order valence-electron chi connectivity index (χ0n) is 16.5. The van der Waals surface area contributed by atoms with Crippen LogP contribution in [0.1, 0.15) is 23.0 Å². The van der Waals surface area contributed by atoms with Crippen molar-refractivity contribution in [2.75, 3.05) is 7.05 Å². The normalized spacial score (nSPS) is 11.2. The van der Waals surface area contributed by atoms with Crippen LogP contribution in [0.4, 0.5) is 0 Å². The number of fused-ring (bicyclic) bond motifs is 1. The number of carbonyl (C=O) groups excluding carboxylic acids is 1. The first-order chi connectivity index (χ1) is 14.0. The van der Waals surface area contributed by atoms with E-state index in [2.05, 4.69) is 10.2 Å². The number of amides is 1. The summed E-state index contributed by atoms with van der Waals surface area (Å²) in [7, 11) is 3.60. The Bertz CT molecular complexity index is 1200. The largest absolute Gasteiger partial charge is 0.336 e. The average Bonchev–Trinajstić information content (AvgIpc) is 3.32. The van der Waals surface area contributed by atoms with Gasteiger partial charge in [-0.1, -0.05) is 29.8 Å². The Morgan fingerprint density at radius 1 is 1.24 bits per heavy atom. The van der Waals surface area contributed by atoms with E-state index in [0.717, 1.165) is 23.0 Å². The zero-order chi connectivity index (χ0) is 20.5. The van der Waals surface area contributed by atoms with Crippen LogP contribution in [-0.4, -0.2) is 42.4 Å². The van der Waals surface area contributed by atoms with Gasteiger partial charge in [0.05, 0.1) is 34.5 Å². The molecule has 8 heteroatoms. The van der Waals surface area contributed by atoms with E-state index >= 15 is 0 Å². The molecule has 29 heavy (non-hydrogen) atoms. The van der Waals surface area contributed by atoms with Crippen LogP contribution in [-0.2, 0) is 20.1 Å². The molecule has 1 aromatic carbocycles. The second-order valence-electron chi connectivity index (χ2n) is 6.92. The average molecular weight is 409 g/mol. The molecule has 0 radical (unpaired) electrons. The molecule has 0 saturated carbocycles. The third kappa shape index (κ3) is 3.73. The van der Waals surface area contributed by atoms with Gasteiger partial charge in [0.2, 0.25) is 0 Å². The van der Waals surface area contributed by atoms with Crippen LogP contribution in [0.5, 0.6) is 0 Å². The van der Waals surface area contributed by atoms with Gasteiger partial charge < -0.3 is 4.90 Å². The Labute approximate surface area is 173 Å². The van der Waals surface area contributed by atoms with Gasteiger partial charge in [0.25, 0.3) is 5.91 Å². The van der Waals surface area contributed by atoms with E-state index in [1.807, 2.05) is 50.5 Å². The van der Waals surface area contributed by atoms with E-state index in [4.69, 9.17) is 16.6 Å². The van der Waals surface area contributed by atoms with Gasteiger partial charge in [0, 0.05) is 44.0 Å². The van der Waals surface area contributed by atoms with Crippen LogP contribution in [0.3, 0.4) is 0 Å². The topological polar surface area (TPSA) is 68.8 Å². The molecule has 0 aliphatic carbocycles. The lowest BCUT2D eigenvalue weighted by Gasteiger charge is -2.18. The fraction of sp³-hybridized carbons (Fsp3) is 0.238. The lowest BCUT2D eigenvalue weighted by molar-refractivity contribution is 0.0785. The smallest absolute Gasteiger partial charge is 0.254 e. The van der Waals surface area contributed by atoms with Gasteiger partial charge >= 0.3 is 0 Å². The van der Waals surface area contributed by atoms with Crippen LogP contribution in [0.2, 0.25) is 5.02 Å². The van der Waals surface area contributed by atoms with E-state index in [1.54, 1.807) is 33.7 Å². The van der Waals surface area contributed by atoms with Crippen molar-refractivity contribution >= 4 is 28.4 Å². The Morgan fingerprint density at radius 2 is 2.03 bits per heavy atom. The monoisotopic (exact) mass is 408 g/mol. The van der Waals surface area contributed by atoms with E-state index in [1.165, 1.54) is 0 Å². The summed E-state index contributed by atoms with van der Waals surface area (Å²) >= 11 is 6.28. The molecule has 0 saturated heterocycles. The van der Waals surface area contributed by atoms with Crippen molar-refractivity contribution in [2.24, 2.45) is 7.05 Å². The molecule has 7 nitrogen and oxygen atoms in total. The number of carbonyl (C=O) groups is 1. The number of aryl methyl sites for hydroxylation is 2. The van der Waals surface area contributed by atoms with Gasteiger partial charge in [-0.15, -0.1) is 0 Å². The summed E-state index contributed by atoms with van der Waals surface area (Å²) in [6.07, 6.45) is 5.40. The summed E-state index contributed by atoms with van der Waals surface area (Å²) in [5.74, 6) is -0.115. The second kappa shape index (κ2) is 7.67. The molecule has 3 heterocycles. The van der Waals surface area contributed by atoms with Crippen molar-refractivity contribution in [1.29, 1.82) is 0 Å². The summed E-state index contributed by atoms with van der Waals surface area (Å²) in [5.41, 5.74) is 3.60. The number of aromatic nitrogens is 5. The number of pyridine rings is 1. The Hall–Kier alpha value is -3.19. The van der Waals surface area contributed by atoms with Crippen molar-refractivity contribution in [1.82, 2.24) is 29.4 Å². The van der Waals surface area contributed by atoms with Gasteiger partial charge in [-0.05, 0) is 19.1 Å². The molecule has 3 aromatic heterocycles. The van der Waals surface area contributed by atoms with Gasteiger partial charge in [-0.25, -0.2) is 4.98 Å². The predicted octanol–water partition coefficient (Wildman–Crippen LogP) is 3.78. The lowest BCUT2D eigenvalue weighted by atomic mass is 10.0. The van der Waals surface area contributed by atoms with Gasteiger partial charge in [0.1, 0.15) is 5.69 Å². The number of nitrogens with zero attached hydrogens (tertiary/aromatic N) is 6. The number of rotatable bonds is 5. The highest BCUT2D eigenvalue weighted by atomic mass is 35.5. The summed E-state index contributed by atoms with van der Waals surface area (Å²) in [5, 5.41) is 10.0. The summed E-state index contributed by atoms with van der Waals surface area (Å²) < 4.78 is 3.48. The number of benzene rings is 1. The molecule has 0 bridgehead atoms. The fourth-order valence-electron chi connectivity index (χ4n) is 3.26. The first kappa shape index (κ1) is 19.1. The van der Waals surface area contributed by atoms with Gasteiger partial charge in [0.15, 0.2) is 0 Å². The maximum absolute atomic E-state index is 13.3. The molecule has 0 spiro atoms. The number of hydrogen-bond donors (Lipinski definition) is 0. The number of para-hydroxylation sites is 1. The molecule has 0 unspecified atom stereocenters. The first-order valence-corrected chi connectivity index (χ1v) is 9.70. The van der Waals surface area contributed by atoms with E-state index in [-0.39, 0.29) is 5.91 Å². The van der Waals surface area contributed by atoms with E-state index < -0.39 is 0 Å². The molecule has 0 N–H and O–H groups in total. The molecular weight excluding hydrogens is 388 g/mol. The van der Waals surface area contributed by atoms with Crippen molar-refractivity contribution in [3.63, 3.8) is 0 Å².